The standard InChI is InChI=1S/C16H21BrN4O4/c1-2-3-4-25-16(22)20-9-11-7-19(8-12(11)10-20)15-14(21(23)24)5-13(17)6-18-15/h5-6,11-12H,2-4,7-10H2,1H3. The van der Waals surface area contributed by atoms with Crippen molar-refractivity contribution in [3.05, 3.63) is 26.9 Å². The van der Waals surface area contributed by atoms with Gasteiger partial charge in [-0.25, -0.2) is 9.78 Å². The van der Waals surface area contributed by atoms with Gasteiger partial charge < -0.3 is 14.5 Å². The predicted molar refractivity (Wildman–Crippen MR) is 95.6 cm³/mol. The molecule has 0 N–H and O–H groups in total. The van der Waals surface area contributed by atoms with Crippen LogP contribution in [0.3, 0.4) is 0 Å². The molecule has 3 heterocycles. The molecule has 1 aromatic rings. The molecule has 3 rings (SSSR count). The first-order valence-electron chi connectivity index (χ1n) is 8.46. The van der Waals surface area contributed by atoms with Crippen LogP contribution in [0.5, 0.6) is 0 Å². The van der Waals surface area contributed by atoms with Crippen LogP contribution in [-0.4, -0.2) is 53.7 Å². The van der Waals surface area contributed by atoms with Crippen LogP contribution in [0.15, 0.2) is 16.7 Å². The Morgan fingerprint density at radius 2 is 2.08 bits per heavy atom. The van der Waals surface area contributed by atoms with E-state index in [-0.39, 0.29) is 11.8 Å². The van der Waals surface area contributed by atoms with Crippen molar-refractivity contribution in [2.75, 3.05) is 37.7 Å². The summed E-state index contributed by atoms with van der Waals surface area (Å²) in [5, 5.41) is 11.3. The lowest BCUT2D eigenvalue weighted by molar-refractivity contribution is -0.384. The lowest BCUT2D eigenvalue weighted by atomic mass is 10.0. The van der Waals surface area contributed by atoms with Crippen molar-refractivity contribution in [2.45, 2.75) is 19.8 Å². The van der Waals surface area contributed by atoms with E-state index in [0.717, 1.165) is 12.8 Å². The molecule has 2 fully saturated rings. The Bertz CT molecular complexity index is 658. The van der Waals surface area contributed by atoms with Crippen LogP contribution in [0.4, 0.5) is 16.3 Å². The Morgan fingerprint density at radius 3 is 2.68 bits per heavy atom. The van der Waals surface area contributed by atoms with Crippen molar-refractivity contribution >= 4 is 33.5 Å². The number of aromatic nitrogens is 1. The molecule has 2 unspecified atom stereocenters. The highest BCUT2D eigenvalue weighted by molar-refractivity contribution is 9.10. The van der Waals surface area contributed by atoms with Gasteiger partial charge in [-0.05, 0) is 22.4 Å². The quantitative estimate of drug-likeness (QED) is 0.419. The normalized spacial score (nSPS) is 22.2. The van der Waals surface area contributed by atoms with Crippen LogP contribution >= 0.6 is 15.9 Å². The van der Waals surface area contributed by atoms with E-state index >= 15 is 0 Å². The predicted octanol–water partition coefficient (Wildman–Crippen LogP) is 3.06. The molecule has 1 aromatic heterocycles. The zero-order chi connectivity index (χ0) is 18.0. The number of nitrogens with zero attached hydrogens (tertiary/aromatic N) is 4. The number of unbranched alkanes of at least 4 members (excludes halogenated alkanes) is 1. The molecule has 0 radical (unpaired) electrons. The van der Waals surface area contributed by atoms with Crippen LogP contribution in [-0.2, 0) is 4.74 Å². The molecule has 0 spiro atoms. The van der Waals surface area contributed by atoms with E-state index in [1.54, 1.807) is 11.1 Å². The van der Waals surface area contributed by atoms with Crippen molar-refractivity contribution < 1.29 is 14.5 Å². The fourth-order valence-electron chi connectivity index (χ4n) is 3.51. The summed E-state index contributed by atoms with van der Waals surface area (Å²) in [7, 11) is 0. The number of pyridine rings is 1. The van der Waals surface area contributed by atoms with E-state index in [4.69, 9.17) is 4.74 Å². The molecule has 2 atom stereocenters. The summed E-state index contributed by atoms with van der Waals surface area (Å²) in [5.74, 6) is 0.993. The summed E-state index contributed by atoms with van der Waals surface area (Å²) in [5.41, 5.74) is 0.00480. The number of anilines is 1. The van der Waals surface area contributed by atoms with Gasteiger partial charge in [0.2, 0.25) is 5.82 Å². The van der Waals surface area contributed by atoms with Gasteiger partial charge in [-0.3, -0.25) is 10.1 Å². The maximum absolute atomic E-state index is 12.1. The summed E-state index contributed by atoms with van der Waals surface area (Å²) >= 11 is 3.23. The fourth-order valence-corrected chi connectivity index (χ4v) is 3.83. The van der Waals surface area contributed by atoms with Crippen LogP contribution in [0.1, 0.15) is 19.8 Å². The number of carbonyl (C=O) groups is 1. The number of likely N-dealkylation sites (tertiary alicyclic amines) is 1. The van der Waals surface area contributed by atoms with Gasteiger partial charge in [0.1, 0.15) is 0 Å². The minimum absolute atomic E-state index is 0.00480. The summed E-state index contributed by atoms with van der Waals surface area (Å²) in [6, 6.07) is 1.48. The lowest BCUT2D eigenvalue weighted by Crippen LogP contribution is -2.34. The Kier molecular flexibility index (Phi) is 5.41. The number of carbonyl (C=O) groups excluding carboxylic acids is 1. The molecule has 0 aliphatic carbocycles. The SMILES string of the molecule is CCCCOC(=O)N1CC2CN(c3ncc(Br)cc3[N+](=O)[O-])CC2C1. The van der Waals surface area contributed by atoms with Crippen molar-refractivity contribution in [3.63, 3.8) is 0 Å². The Labute approximate surface area is 154 Å². The molecule has 9 heteroatoms. The second-order valence-corrected chi connectivity index (χ2v) is 7.47. The maximum atomic E-state index is 12.1. The van der Waals surface area contributed by atoms with Crippen LogP contribution < -0.4 is 4.90 Å². The second-order valence-electron chi connectivity index (χ2n) is 6.55. The van der Waals surface area contributed by atoms with Gasteiger partial charge in [0, 0.05) is 54.8 Å². The summed E-state index contributed by atoms with van der Waals surface area (Å²) < 4.78 is 5.86. The molecule has 2 aliphatic rings. The van der Waals surface area contributed by atoms with Crippen molar-refractivity contribution in [3.8, 4) is 0 Å². The molecule has 2 aliphatic heterocycles. The topological polar surface area (TPSA) is 88.8 Å². The molecule has 2 saturated heterocycles. The molecule has 0 bridgehead atoms. The first-order chi connectivity index (χ1) is 12.0. The second kappa shape index (κ2) is 7.55. The van der Waals surface area contributed by atoms with Gasteiger partial charge in [0.05, 0.1) is 11.5 Å². The minimum Gasteiger partial charge on any atom is -0.449 e. The van der Waals surface area contributed by atoms with E-state index in [9.17, 15) is 14.9 Å². The first kappa shape index (κ1) is 17.9. The third-order valence-corrected chi connectivity index (χ3v) is 5.21. The van der Waals surface area contributed by atoms with E-state index in [2.05, 4.69) is 27.8 Å². The van der Waals surface area contributed by atoms with Gasteiger partial charge >= 0.3 is 11.8 Å². The molecular weight excluding hydrogens is 392 g/mol. The largest absolute Gasteiger partial charge is 0.449 e. The van der Waals surface area contributed by atoms with E-state index in [0.29, 0.717) is 54.9 Å². The van der Waals surface area contributed by atoms with Gasteiger partial charge in [-0.15, -0.1) is 0 Å². The number of rotatable bonds is 5. The average molecular weight is 413 g/mol. The molecular formula is C16H21BrN4O4. The zero-order valence-corrected chi connectivity index (χ0v) is 15.6. The van der Waals surface area contributed by atoms with Crippen LogP contribution in [0.25, 0.3) is 0 Å². The third-order valence-electron chi connectivity index (χ3n) is 4.78. The maximum Gasteiger partial charge on any atom is 0.409 e. The number of ether oxygens (including phenoxy) is 1. The van der Waals surface area contributed by atoms with Crippen molar-refractivity contribution in [1.29, 1.82) is 0 Å². The van der Waals surface area contributed by atoms with Gasteiger partial charge in [0.25, 0.3) is 0 Å². The summed E-state index contributed by atoms with van der Waals surface area (Å²) in [6.45, 7) is 5.12. The molecule has 0 saturated carbocycles. The monoisotopic (exact) mass is 412 g/mol. The number of amides is 1. The Morgan fingerprint density at radius 1 is 1.40 bits per heavy atom. The molecule has 1 amide bonds. The summed E-state index contributed by atoms with van der Waals surface area (Å²) in [4.78, 5) is 30.9. The van der Waals surface area contributed by atoms with E-state index < -0.39 is 4.92 Å². The highest BCUT2D eigenvalue weighted by Gasteiger charge is 2.43. The molecule has 0 aromatic carbocycles. The van der Waals surface area contributed by atoms with Crippen LogP contribution in [0, 0.1) is 22.0 Å². The van der Waals surface area contributed by atoms with Crippen LogP contribution in [0.2, 0.25) is 0 Å². The van der Waals surface area contributed by atoms with Gasteiger partial charge in [-0.1, -0.05) is 13.3 Å². The molecule has 8 nitrogen and oxygen atoms in total. The lowest BCUT2D eigenvalue weighted by Gasteiger charge is -2.22. The number of fused-ring (bicyclic) bond motifs is 1. The smallest absolute Gasteiger partial charge is 0.409 e. The third kappa shape index (κ3) is 3.86. The van der Waals surface area contributed by atoms with Gasteiger partial charge in [-0.2, -0.15) is 0 Å². The van der Waals surface area contributed by atoms with E-state index in [1.165, 1.54) is 6.07 Å². The number of halogens is 1. The zero-order valence-electron chi connectivity index (χ0n) is 14.1. The number of nitro groups is 1. The van der Waals surface area contributed by atoms with Gasteiger partial charge in [0.15, 0.2) is 0 Å². The summed E-state index contributed by atoms with van der Waals surface area (Å²) in [6.07, 6.45) is 3.20. The van der Waals surface area contributed by atoms with E-state index in [1.807, 2.05) is 4.90 Å². The Hall–Kier alpha value is -1.90. The first-order valence-corrected chi connectivity index (χ1v) is 9.25. The highest BCUT2D eigenvalue weighted by atomic mass is 79.9. The van der Waals surface area contributed by atoms with Crippen molar-refractivity contribution in [1.82, 2.24) is 9.88 Å². The number of hydrogen-bond donors (Lipinski definition) is 0. The molecule has 25 heavy (non-hydrogen) atoms. The Balaban J connectivity index is 1.62. The van der Waals surface area contributed by atoms with Crippen molar-refractivity contribution in [2.24, 2.45) is 11.8 Å². The minimum atomic E-state index is -0.404. The molecule has 136 valence electrons. The fraction of sp³-hybridized carbons (Fsp3) is 0.625. The highest BCUT2D eigenvalue weighted by Crippen LogP contribution is 2.37. The number of hydrogen-bond acceptors (Lipinski definition) is 6. The average Bonchev–Trinajstić information content (AvgIpc) is 3.13.